The van der Waals surface area contributed by atoms with E-state index >= 15 is 0 Å². The van der Waals surface area contributed by atoms with Crippen LogP contribution in [-0.2, 0) is 6.42 Å². The van der Waals surface area contributed by atoms with Crippen LogP contribution in [0.1, 0.15) is 18.9 Å². The highest BCUT2D eigenvalue weighted by molar-refractivity contribution is 5.74. The minimum Gasteiger partial charge on any atom is -0.345 e. The third-order valence-electron chi connectivity index (χ3n) is 2.37. The predicted molar refractivity (Wildman–Crippen MR) is 58.1 cm³/mol. The molecular formula is C11H15N3. The maximum atomic E-state index is 5.71. The average molecular weight is 189 g/mol. The van der Waals surface area contributed by atoms with Gasteiger partial charge >= 0.3 is 0 Å². The van der Waals surface area contributed by atoms with Crippen molar-refractivity contribution >= 4 is 11.0 Å². The molecule has 0 amide bonds. The number of nitrogens with zero attached hydrogens (tertiary/aromatic N) is 1. The van der Waals surface area contributed by atoms with Crippen LogP contribution in [0.5, 0.6) is 0 Å². The fraction of sp³-hybridized carbons (Fsp3) is 0.364. The quantitative estimate of drug-likeness (QED) is 0.774. The molecule has 1 aromatic carbocycles. The molecule has 1 atom stereocenters. The molecule has 3 nitrogen and oxygen atoms in total. The minimum atomic E-state index is 0.271. The summed E-state index contributed by atoms with van der Waals surface area (Å²) in [6.45, 7) is 2.04. The van der Waals surface area contributed by atoms with Gasteiger partial charge in [-0.15, -0.1) is 0 Å². The topological polar surface area (TPSA) is 54.7 Å². The third kappa shape index (κ3) is 1.93. The van der Waals surface area contributed by atoms with Gasteiger partial charge in [-0.1, -0.05) is 6.07 Å². The van der Waals surface area contributed by atoms with Gasteiger partial charge in [-0.3, -0.25) is 0 Å². The van der Waals surface area contributed by atoms with Crippen LogP contribution in [0.3, 0.4) is 0 Å². The first kappa shape index (κ1) is 9.21. The summed E-state index contributed by atoms with van der Waals surface area (Å²) in [6.07, 6.45) is 3.78. The number of nitrogens with two attached hydrogens (primary N) is 1. The largest absolute Gasteiger partial charge is 0.345 e. The Labute approximate surface area is 83.3 Å². The zero-order valence-electron chi connectivity index (χ0n) is 8.33. The van der Waals surface area contributed by atoms with Crippen LogP contribution < -0.4 is 5.73 Å². The highest BCUT2D eigenvalue weighted by atomic mass is 14.9. The molecule has 0 saturated carbocycles. The Morgan fingerprint density at radius 3 is 3.14 bits per heavy atom. The molecule has 0 fully saturated rings. The molecule has 3 heteroatoms. The van der Waals surface area contributed by atoms with E-state index in [4.69, 9.17) is 5.73 Å². The lowest BCUT2D eigenvalue weighted by atomic mass is 10.1. The molecule has 2 rings (SSSR count). The molecule has 0 radical (unpaired) electrons. The Kier molecular flexibility index (Phi) is 2.50. The van der Waals surface area contributed by atoms with E-state index in [1.165, 1.54) is 5.56 Å². The number of fused-ring (bicyclic) bond motifs is 1. The number of nitrogens with one attached hydrogen (secondary N) is 1. The molecule has 14 heavy (non-hydrogen) atoms. The van der Waals surface area contributed by atoms with E-state index < -0.39 is 0 Å². The number of aromatic amines is 1. The summed E-state index contributed by atoms with van der Waals surface area (Å²) >= 11 is 0. The molecule has 0 unspecified atom stereocenters. The number of benzene rings is 1. The molecule has 1 heterocycles. The normalized spacial score (nSPS) is 13.3. The van der Waals surface area contributed by atoms with E-state index in [2.05, 4.69) is 22.1 Å². The maximum absolute atomic E-state index is 5.71. The summed E-state index contributed by atoms with van der Waals surface area (Å²) in [5, 5.41) is 0. The van der Waals surface area contributed by atoms with Crippen molar-refractivity contribution in [3.05, 3.63) is 30.1 Å². The highest BCUT2D eigenvalue weighted by Crippen LogP contribution is 2.13. The van der Waals surface area contributed by atoms with Gasteiger partial charge in [0.05, 0.1) is 17.4 Å². The van der Waals surface area contributed by atoms with Crippen molar-refractivity contribution in [1.29, 1.82) is 0 Å². The van der Waals surface area contributed by atoms with Gasteiger partial charge in [0.1, 0.15) is 0 Å². The van der Waals surface area contributed by atoms with Crippen molar-refractivity contribution in [2.75, 3.05) is 0 Å². The SMILES string of the molecule is C[C@H](N)CCc1ccc2nc[nH]c2c1. The van der Waals surface area contributed by atoms with Gasteiger partial charge < -0.3 is 10.7 Å². The van der Waals surface area contributed by atoms with Gasteiger partial charge in [-0.25, -0.2) is 4.98 Å². The van der Waals surface area contributed by atoms with Gasteiger partial charge in [0, 0.05) is 6.04 Å². The number of H-pyrrole nitrogens is 1. The lowest BCUT2D eigenvalue weighted by molar-refractivity contribution is 0.666. The van der Waals surface area contributed by atoms with Crippen LogP contribution in [0.25, 0.3) is 11.0 Å². The highest BCUT2D eigenvalue weighted by Gasteiger charge is 2.00. The van der Waals surface area contributed by atoms with Crippen molar-refractivity contribution in [3.8, 4) is 0 Å². The number of hydrogen-bond acceptors (Lipinski definition) is 2. The van der Waals surface area contributed by atoms with E-state index in [-0.39, 0.29) is 6.04 Å². The summed E-state index contributed by atoms with van der Waals surface area (Å²) in [5.41, 5.74) is 9.16. The molecule has 0 saturated heterocycles. The van der Waals surface area contributed by atoms with Crippen LogP contribution in [-0.4, -0.2) is 16.0 Å². The summed E-state index contributed by atoms with van der Waals surface area (Å²) in [4.78, 5) is 7.28. The summed E-state index contributed by atoms with van der Waals surface area (Å²) in [6, 6.07) is 6.57. The number of rotatable bonds is 3. The molecule has 0 aliphatic carbocycles. The first-order valence-electron chi connectivity index (χ1n) is 4.93. The lowest BCUT2D eigenvalue weighted by Gasteiger charge is -2.04. The fourth-order valence-corrected chi connectivity index (χ4v) is 1.53. The second-order valence-electron chi connectivity index (χ2n) is 3.77. The Morgan fingerprint density at radius 1 is 1.50 bits per heavy atom. The molecule has 0 aliphatic heterocycles. The molecule has 2 aromatic rings. The monoisotopic (exact) mass is 189 g/mol. The molecule has 3 N–H and O–H groups in total. The van der Waals surface area contributed by atoms with Gasteiger partial charge in [0.25, 0.3) is 0 Å². The molecule has 0 aliphatic rings. The summed E-state index contributed by atoms with van der Waals surface area (Å²) in [5.74, 6) is 0. The molecule has 74 valence electrons. The van der Waals surface area contributed by atoms with Crippen molar-refractivity contribution in [2.45, 2.75) is 25.8 Å². The summed E-state index contributed by atoms with van der Waals surface area (Å²) < 4.78 is 0. The van der Waals surface area contributed by atoms with E-state index in [0.29, 0.717) is 0 Å². The van der Waals surface area contributed by atoms with Crippen LogP contribution >= 0.6 is 0 Å². The average Bonchev–Trinajstić information content (AvgIpc) is 2.61. The molecule has 0 bridgehead atoms. The minimum absolute atomic E-state index is 0.271. The van der Waals surface area contributed by atoms with Crippen LogP contribution in [0.4, 0.5) is 0 Å². The number of aromatic nitrogens is 2. The van der Waals surface area contributed by atoms with Crippen LogP contribution in [0.15, 0.2) is 24.5 Å². The van der Waals surface area contributed by atoms with E-state index in [1.807, 2.05) is 13.0 Å². The van der Waals surface area contributed by atoms with Crippen molar-refractivity contribution < 1.29 is 0 Å². The van der Waals surface area contributed by atoms with Crippen LogP contribution in [0, 0.1) is 0 Å². The maximum Gasteiger partial charge on any atom is 0.0931 e. The Balaban J connectivity index is 2.17. The van der Waals surface area contributed by atoms with Gasteiger partial charge in [0.2, 0.25) is 0 Å². The van der Waals surface area contributed by atoms with Crippen molar-refractivity contribution in [2.24, 2.45) is 5.73 Å². The lowest BCUT2D eigenvalue weighted by Crippen LogP contribution is -2.15. The second-order valence-corrected chi connectivity index (χ2v) is 3.77. The van der Waals surface area contributed by atoms with Crippen LogP contribution in [0.2, 0.25) is 0 Å². The van der Waals surface area contributed by atoms with E-state index in [0.717, 1.165) is 23.9 Å². The number of imidazole rings is 1. The zero-order valence-corrected chi connectivity index (χ0v) is 8.33. The number of aryl methyl sites for hydroxylation is 1. The third-order valence-corrected chi connectivity index (χ3v) is 2.37. The number of hydrogen-bond donors (Lipinski definition) is 2. The second kappa shape index (κ2) is 3.80. The van der Waals surface area contributed by atoms with E-state index in [1.54, 1.807) is 6.33 Å². The Bertz CT molecular complexity index is 417. The van der Waals surface area contributed by atoms with E-state index in [9.17, 15) is 0 Å². The zero-order chi connectivity index (χ0) is 9.97. The first-order valence-corrected chi connectivity index (χ1v) is 4.93. The van der Waals surface area contributed by atoms with Gasteiger partial charge in [0.15, 0.2) is 0 Å². The summed E-state index contributed by atoms with van der Waals surface area (Å²) in [7, 11) is 0. The van der Waals surface area contributed by atoms with Crippen molar-refractivity contribution in [3.63, 3.8) is 0 Å². The fourth-order valence-electron chi connectivity index (χ4n) is 1.53. The van der Waals surface area contributed by atoms with Gasteiger partial charge in [-0.2, -0.15) is 0 Å². The standard InChI is InChI=1S/C11H15N3/c1-8(12)2-3-9-4-5-10-11(6-9)14-7-13-10/h4-8H,2-3,12H2,1H3,(H,13,14)/t8-/m0/s1. The van der Waals surface area contributed by atoms with Crippen molar-refractivity contribution in [1.82, 2.24) is 9.97 Å². The molecule has 1 aromatic heterocycles. The molecular weight excluding hydrogens is 174 g/mol. The smallest absolute Gasteiger partial charge is 0.0931 e. The predicted octanol–water partition coefficient (Wildman–Crippen LogP) is 1.84. The Morgan fingerprint density at radius 2 is 2.36 bits per heavy atom. The molecule has 0 spiro atoms. The Hall–Kier alpha value is -1.35. The van der Waals surface area contributed by atoms with Gasteiger partial charge in [-0.05, 0) is 37.5 Å². The first-order chi connectivity index (χ1) is 6.75.